The second kappa shape index (κ2) is 8.83. The number of fused-ring (bicyclic) bond motifs is 1. The van der Waals surface area contributed by atoms with Crippen LogP contribution in [-0.2, 0) is 24.3 Å². The first kappa shape index (κ1) is 24.8. The second-order valence-corrected chi connectivity index (χ2v) is 12.6. The van der Waals surface area contributed by atoms with Crippen LogP contribution in [0.15, 0.2) is 0 Å². The van der Waals surface area contributed by atoms with E-state index in [9.17, 15) is 22.8 Å². The van der Waals surface area contributed by atoms with E-state index in [0.717, 1.165) is 36.2 Å². The Bertz CT molecular complexity index is 859. The van der Waals surface area contributed by atoms with Crippen LogP contribution < -0.4 is 5.32 Å². The minimum absolute atomic E-state index is 0.0754. The number of carbonyl (C=O) groups is 3. The monoisotopic (exact) mass is 471 g/mol. The van der Waals surface area contributed by atoms with Gasteiger partial charge in [-0.25, -0.2) is 17.5 Å². The number of hydrogen-bond donors (Lipinski definition) is 1. The summed E-state index contributed by atoms with van der Waals surface area (Å²) in [6.45, 7) is 9.28. The molecule has 1 aliphatic carbocycles. The SMILES string of the molecule is CC(C)[C@H](NC(=O)OC(C)(C)C)C(=O)N1CC[C@H]2[C@H]1C(C1CCCC1)C(=O)N2S(C)(=O)=O. The fourth-order valence-electron chi connectivity index (χ4n) is 5.53. The van der Waals surface area contributed by atoms with Crippen LogP contribution in [0.1, 0.15) is 66.7 Å². The summed E-state index contributed by atoms with van der Waals surface area (Å²) >= 11 is 0. The van der Waals surface area contributed by atoms with Gasteiger partial charge in [0.25, 0.3) is 0 Å². The fourth-order valence-corrected chi connectivity index (χ4v) is 6.71. The van der Waals surface area contributed by atoms with Gasteiger partial charge < -0.3 is 15.0 Å². The Labute approximate surface area is 191 Å². The molecule has 1 N–H and O–H groups in total. The van der Waals surface area contributed by atoms with Crippen molar-refractivity contribution in [2.75, 3.05) is 12.8 Å². The Hall–Kier alpha value is -1.84. The Morgan fingerprint density at radius 1 is 1.12 bits per heavy atom. The third-order valence-electron chi connectivity index (χ3n) is 6.74. The molecule has 0 spiro atoms. The smallest absolute Gasteiger partial charge is 0.408 e. The van der Waals surface area contributed by atoms with Gasteiger partial charge in [-0.05, 0) is 51.9 Å². The summed E-state index contributed by atoms with van der Waals surface area (Å²) in [5, 5.41) is 2.70. The van der Waals surface area contributed by atoms with Crippen LogP contribution in [-0.4, -0.2) is 72.1 Å². The van der Waals surface area contributed by atoms with E-state index >= 15 is 0 Å². The zero-order chi connectivity index (χ0) is 24.0. The number of alkyl carbamates (subject to hydrolysis) is 1. The average molecular weight is 472 g/mol. The molecule has 3 aliphatic rings. The first-order chi connectivity index (χ1) is 14.7. The standard InChI is InChI=1S/C22H37N3O6S/c1-13(2)17(23-21(28)31-22(3,4)5)20(27)24-12-11-15-18(24)16(14-9-7-8-10-14)19(26)25(15)32(6,29)30/h13-18H,7-12H2,1-6H3,(H,23,28)/t15-,16?,17-,18-/m0/s1. The van der Waals surface area contributed by atoms with Gasteiger partial charge in [0.2, 0.25) is 21.8 Å². The fraction of sp³-hybridized carbons (Fsp3) is 0.864. The Kier molecular flexibility index (Phi) is 6.85. The molecule has 10 heteroatoms. The number of amides is 3. The van der Waals surface area contributed by atoms with Crippen molar-refractivity contribution in [2.24, 2.45) is 17.8 Å². The van der Waals surface area contributed by atoms with Gasteiger partial charge >= 0.3 is 6.09 Å². The number of likely N-dealkylation sites (tertiary alicyclic amines) is 1. The minimum atomic E-state index is -3.74. The molecule has 0 aromatic carbocycles. The number of rotatable bonds is 5. The number of sulfonamides is 1. The summed E-state index contributed by atoms with van der Waals surface area (Å²) in [7, 11) is -3.74. The molecule has 2 saturated heterocycles. The van der Waals surface area contributed by atoms with E-state index in [-0.39, 0.29) is 23.7 Å². The molecule has 1 unspecified atom stereocenters. The van der Waals surface area contributed by atoms with Gasteiger partial charge in [-0.2, -0.15) is 0 Å². The van der Waals surface area contributed by atoms with Gasteiger partial charge in [-0.15, -0.1) is 0 Å². The molecule has 2 aliphatic heterocycles. The van der Waals surface area contributed by atoms with Crippen molar-refractivity contribution < 1.29 is 27.5 Å². The van der Waals surface area contributed by atoms with Crippen LogP contribution in [0.5, 0.6) is 0 Å². The number of nitrogens with zero attached hydrogens (tertiary/aromatic N) is 2. The van der Waals surface area contributed by atoms with Crippen molar-refractivity contribution in [3.05, 3.63) is 0 Å². The molecule has 4 atom stereocenters. The van der Waals surface area contributed by atoms with Crippen molar-refractivity contribution in [1.29, 1.82) is 0 Å². The van der Waals surface area contributed by atoms with E-state index in [2.05, 4.69) is 5.32 Å². The van der Waals surface area contributed by atoms with Crippen molar-refractivity contribution in [1.82, 2.24) is 14.5 Å². The second-order valence-electron chi connectivity index (χ2n) is 10.7. The largest absolute Gasteiger partial charge is 0.444 e. The van der Waals surface area contributed by atoms with Crippen LogP contribution in [0, 0.1) is 17.8 Å². The van der Waals surface area contributed by atoms with Gasteiger partial charge in [-0.3, -0.25) is 9.59 Å². The minimum Gasteiger partial charge on any atom is -0.444 e. The molecule has 1 saturated carbocycles. The van der Waals surface area contributed by atoms with E-state index in [4.69, 9.17) is 4.74 Å². The first-order valence-corrected chi connectivity index (χ1v) is 13.4. The lowest BCUT2D eigenvalue weighted by Gasteiger charge is -2.34. The molecule has 2 heterocycles. The topological polar surface area (TPSA) is 113 Å². The van der Waals surface area contributed by atoms with Gasteiger partial charge in [0, 0.05) is 6.54 Å². The maximum absolute atomic E-state index is 13.6. The molecule has 3 amide bonds. The Balaban J connectivity index is 1.89. The zero-order valence-corrected chi connectivity index (χ0v) is 20.8. The molecule has 9 nitrogen and oxygen atoms in total. The maximum Gasteiger partial charge on any atom is 0.408 e. The number of carbonyl (C=O) groups excluding carboxylic acids is 3. The molecule has 182 valence electrons. The lowest BCUT2D eigenvalue weighted by atomic mass is 9.84. The highest BCUT2D eigenvalue weighted by molar-refractivity contribution is 7.88. The van der Waals surface area contributed by atoms with Gasteiger partial charge in [0.15, 0.2) is 0 Å². The van der Waals surface area contributed by atoms with Crippen molar-refractivity contribution in [3.8, 4) is 0 Å². The molecular formula is C22H37N3O6S. The van der Waals surface area contributed by atoms with E-state index in [1.165, 1.54) is 0 Å². The van der Waals surface area contributed by atoms with Crippen molar-refractivity contribution in [3.63, 3.8) is 0 Å². The van der Waals surface area contributed by atoms with E-state index in [0.29, 0.717) is 13.0 Å². The molecule has 3 rings (SSSR count). The lowest BCUT2D eigenvalue weighted by molar-refractivity contribution is -0.137. The molecule has 0 bridgehead atoms. The summed E-state index contributed by atoms with van der Waals surface area (Å²) in [5.41, 5.74) is -0.700. The highest BCUT2D eigenvalue weighted by atomic mass is 32.2. The zero-order valence-electron chi connectivity index (χ0n) is 20.0. The molecule has 0 radical (unpaired) electrons. The normalized spacial score (nSPS) is 27.7. The van der Waals surface area contributed by atoms with Crippen molar-refractivity contribution in [2.45, 2.75) is 90.4 Å². The Morgan fingerprint density at radius 2 is 1.72 bits per heavy atom. The molecule has 32 heavy (non-hydrogen) atoms. The van der Waals surface area contributed by atoms with Gasteiger partial charge in [0.05, 0.1) is 24.3 Å². The molecule has 0 aromatic rings. The average Bonchev–Trinajstić information content (AvgIpc) is 3.32. The predicted molar refractivity (Wildman–Crippen MR) is 119 cm³/mol. The quantitative estimate of drug-likeness (QED) is 0.657. The van der Waals surface area contributed by atoms with E-state index < -0.39 is 45.8 Å². The van der Waals surface area contributed by atoms with Crippen molar-refractivity contribution >= 4 is 27.9 Å². The Morgan fingerprint density at radius 3 is 2.22 bits per heavy atom. The van der Waals surface area contributed by atoms with Crippen LogP contribution in [0.4, 0.5) is 4.79 Å². The predicted octanol–water partition coefficient (Wildman–Crippen LogP) is 2.11. The number of hydrogen-bond acceptors (Lipinski definition) is 6. The molecule has 3 fully saturated rings. The third-order valence-corrected chi connectivity index (χ3v) is 7.91. The highest BCUT2D eigenvalue weighted by Gasteiger charge is 2.60. The van der Waals surface area contributed by atoms with E-state index in [1.54, 1.807) is 25.7 Å². The van der Waals surface area contributed by atoms with Gasteiger partial charge in [0.1, 0.15) is 11.6 Å². The lowest BCUT2D eigenvalue weighted by Crippen LogP contribution is -2.55. The summed E-state index contributed by atoms with van der Waals surface area (Å²) < 4.78 is 31.3. The van der Waals surface area contributed by atoms with Crippen LogP contribution in [0.2, 0.25) is 0 Å². The molecular weight excluding hydrogens is 434 g/mol. The third kappa shape index (κ3) is 4.89. The maximum atomic E-state index is 13.6. The van der Waals surface area contributed by atoms with Gasteiger partial charge in [-0.1, -0.05) is 26.7 Å². The number of ether oxygens (including phenoxy) is 1. The van der Waals surface area contributed by atoms with Crippen LogP contribution in [0.25, 0.3) is 0 Å². The summed E-state index contributed by atoms with van der Waals surface area (Å²) in [4.78, 5) is 40.9. The summed E-state index contributed by atoms with van der Waals surface area (Å²) in [6.07, 6.45) is 4.54. The summed E-state index contributed by atoms with van der Waals surface area (Å²) in [5.74, 6) is -1.32. The highest BCUT2D eigenvalue weighted by Crippen LogP contribution is 2.46. The number of nitrogens with one attached hydrogen (secondary N) is 1. The van der Waals surface area contributed by atoms with E-state index in [1.807, 2.05) is 13.8 Å². The first-order valence-electron chi connectivity index (χ1n) is 11.6. The van der Waals surface area contributed by atoms with Crippen LogP contribution >= 0.6 is 0 Å². The summed E-state index contributed by atoms with van der Waals surface area (Å²) in [6, 6.07) is -1.86. The molecule has 0 aromatic heterocycles. The van der Waals surface area contributed by atoms with Crippen LogP contribution in [0.3, 0.4) is 0 Å².